The van der Waals surface area contributed by atoms with Gasteiger partial charge in [-0.15, -0.1) is 0 Å². The highest BCUT2D eigenvalue weighted by Gasteiger charge is 2.30. The Balaban J connectivity index is 0.000000287. The van der Waals surface area contributed by atoms with E-state index in [0.717, 1.165) is 49.2 Å². The number of rotatable bonds is 10. The van der Waals surface area contributed by atoms with Crippen LogP contribution in [0.4, 0.5) is 13.2 Å². The molecule has 0 bridgehead atoms. The Hall–Kier alpha value is -2.87. The third-order valence-electron chi connectivity index (χ3n) is 5.14. The highest BCUT2D eigenvalue weighted by molar-refractivity contribution is 5.30. The van der Waals surface area contributed by atoms with Gasteiger partial charge in [-0.05, 0) is 69.0 Å². The van der Waals surface area contributed by atoms with Crippen molar-refractivity contribution in [1.82, 2.24) is 10.6 Å². The maximum absolute atomic E-state index is 12.6. The van der Waals surface area contributed by atoms with Gasteiger partial charge in [0.15, 0.2) is 0 Å². The Labute approximate surface area is 199 Å². The second-order valence-electron chi connectivity index (χ2n) is 7.75. The number of nitrogens with one attached hydrogen (secondary N) is 2. The maximum atomic E-state index is 12.6. The third kappa shape index (κ3) is 9.55. The molecule has 0 saturated heterocycles. The fourth-order valence-electron chi connectivity index (χ4n) is 3.25. The molecule has 0 saturated carbocycles. The largest absolute Gasteiger partial charge is 0.486 e. The topological polar surface area (TPSA) is 53.5 Å². The third-order valence-corrected chi connectivity index (χ3v) is 5.14. The SMILES string of the molecule is CNCCC(O)c1ccccc1.CNCCC(Oc1ccc(C(F)(F)F)cc1)c1ccccc1. The molecule has 0 aliphatic heterocycles. The second-order valence-corrected chi connectivity index (χ2v) is 7.75. The first-order chi connectivity index (χ1) is 16.3. The van der Waals surface area contributed by atoms with Gasteiger partial charge in [-0.3, -0.25) is 0 Å². The molecule has 184 valence electrons. The van der Waals surface area contributed by atoms with Crippen molar-refractivity contribution in [2.75, 3.05) is 27.2 Å². The van der Waals surface area contributed by atoms with E-state index in [4.69, 9.17) is 4.74 Å². The zero-order chi connectivity index (χ0) is 24.8. The van der Waals surface area contributed by atoms with E-state index < -0.39 is 11.7 Å². The first-order valence-corrected chi connectivity index (χ1v) is 11.3. The standard InChI is InChI=1S/C17H18F3NO.C10H15NO/c1-21-12-11-16(13-5-3-2-4-6-13)22-15-9-7-14(8-10-15)17(18,19)20;1-11-8-7-10(12)9-5-3-2-4-6-9/h2-10,16,21H,11-12H2,1H3;2-6,10-12H,7-8H2,1H3. The van der Waals surface area contributed by atoms with Crippen molar-refractivity contribution in [3.63, 3.8) is 0 Å². The molecule has 3 aromatic rings. The minimum Gasteiger partial charge on any atom is -0.486 e. The average molecular weight is 475 g/mol. The van der Waals surface area contributed by atoms with Crippen molar-refractivity contribution >= 4 is 0 Å². The minimum absolute atomic E-state index is 0.203. The fraction of sp³-hybridized carbons (Fsp3) is 0.333. The van der Waals surface area contributed by atoms with Crippen LogP contribution < -0.4 is 15.4 Å². The summed E-state index contributed by atoms with van der Waals surface area (Å²) in [5, 5.41) is 15.7. The minimum atomic E-state index is -4.33. The molecule has 7 heteroatoms. The predicted molar refractivity (Wildman–Crippen MR) is 130 cm³/mol. The van der Waals surface area contributed by atoms with Crippen molar-refractivity contribution < 1.29 is 23.0 Å². The molecule has 0 spiro atoms. The van der Waals surface area contributed by atoms with Gasteiger partial charge in [0.25, 0.3) is 0 Å². The number of ether oxygens (including phenoxy) is 1. The number of halogens is 3. The van der Waals surface area contributed by atoms with E-state index in [1.807, 2.05) is 74.8 Å². The molecule has 4 nitrogen and oxygen atoms in total. The monoisotopic (exact) mass is 474 g/mol. The highest BCUT2D eigenvalue weighted by atomic mass is 19.4. The lowest BCUT2D eigenvalue weighted by Crippen LogP contribution is -2.16. The van der Waals surface area contributed by atoms with Gasteiger partial charge in [0.2, 0.25) is 0 Å². The molecule has 0 radical (unpaired) electrons. The molecular formula is C27H33F3N2O2. The van der Waals surface area contributed by atoms with Gasteiger partial charge in [0.1, 0.15) is 11.9 Å². The number of hydrogen-bond acceptors (Lipinski definition) is 4. The summed E-state index contributed by atoms with van der Waals surface area (Å²) in [6.45, 7) is 1.59. The van der Waals surface area contributed by atoms with E-state index in [2.05, 4.69) is 10.6 Å². The molecule has 3 N–H and O–H groups in total. The van der Waals surface area contributed by atoms with Crippen LogP contribution in [0.1, 0.15) is 41.7 Å². The molecule has 0 amide bonds. The van der Waals surface area contributed by atoms with Crippen LogP contribution in [0.15, 0.2) is 84.9 Å². The predicted octanol–water partition coefficient (Wildman–Crippen LogP) is 5.76. The van der Waals surface area contributed by atoms with Crippen LogP contribution in [-0.4, -0.2) is 32.3 Å². The van der Waals surface area contributed by atoms with Crippen molar-refractivity contribution in [2.45, 2.75) is 31.2 Å². The summed E-state index contributed by atoms with van der Waals surface area (Å²) in [7, 11) is 3.73. The Morgan fingerprint density at radius 1 is 0.735 bits per heavy atom. The van der Waals surface area contributed by atoms with Crippen molar-refractivity contribution in [1.29, 1.82) is 0 Å². The van der Waals surface area contributed by atoms with Gasteiger partial charge in [0.05, 0.1) is 11.7 Å². The Morgan fingerprint density at radius 3 is 1.74 bits per heavy atom. The van der Waals surface area contributed by atoms with E-state index in [1.54, 1.807) is 0 Å². The summed E-state index contributed by atoms with van der Waals surface area (Å²) in [5.74, 6) is 0.429. The molecule has 3 rings (SSSR count). The van der Waals surface area contributed by atoms with Crippen LogP contribution in [0.2, 0.25) is 0 Å². The first kappa shape index (κ1) is 27.4. The number of hydrogen-bond donors (Lipinski definition) is 3. The molecule has 0 aliphatic rings. The Bertz CT molecular complexity index is 920. The van der Waals surface area contributed by atoms with Crippen molar-refractivity contribution in [3.05, 3.63) is 102 Å². The van der Waals surface area contributed by atoms with Crippen LogP contribution in [0.25, 0.3) is 0 Å². The lowest BCUT2D eigenvalue weighted by molar-refractivity contribution is -0.137. The average Bonchev–Trinajstić information content (AvgIpc) is 2.86. The van der Waals surface area contributed by atoms with Gasteiger partial charge < -0.3 is 20.5 Å². The summed E-state index contributed by atoms with van der Waals surface area (Å²) in [5.41, 5.74) is 1.32. The molecule has 2 unspecified atom stereocenters. The molecule has 34 heavy (non-hydrogen) atoms. The summed E-state index contributed by atoms with van der Waals surface area (Å²) in [6.07, 6.45) is -3.38. The summed E-state index contributed by atoms with van der Waals surface area (Å²) >= 11 is 0. The van der Waals surface area contributed by atoms with Gasteiger partial charge >= 0.3 is 6.18 Å². The molecule has 0 heterocycles. The number of benzene rings is 3. The van der Waals surface area contributed by atoms with Crippen LogP contribution >= 0.6 is 0 Å². The summed E-state index contributed by atoms with van der Waals surface area (Å²) in [4.78, 5) is 0. The van der Waals surface area contributed by atoms with Gasteiger partial charge in [-0.2, -0.15) is 13.2 Å². The van der Waals surface area contributed by atoms with E-state index in [-0.39, 0.29) is 12.2 Å². The number of aliphatic hydroxyl groups excluding tert-OH is 1. The maximum Gasteiger partial charge on any atom is 0.416 e. The zero-order valence-electron chi connectivity index (χ0n) is 19.6. The van der Waals surface area contributed by atoms with Crippen LogP contribution in [0, 0.1) is 0 Å². The van der Waals surface area contributed by atoms with Crippen LogP contribution in [0.5, 0.6) is 5.75 Å². The molecule has 3 aromatic carbocycles. The molecule has 2 atom stereocenters. The smallest absolute Gasteiger partial charge is 0.416 e. The molecule has 0 aromatic heterocycles. The van der Waals surface area contributed by atoms with Gasteiger partial charge in [-0.25, -0.2) is 0 Å². The van der Waals surface area contributed by atoms with Crippen molar-refractivity contribution in [2.24, 2.45) is 0 Å². The van der Waals surface area contributed by atoms with E-state index in [1.165, 1.54) is 12.1 Å². The van der Waals surface area contributed by atoms with E-state index >= 15 is 0 Å². The lowest BCUT2D eigenvalue weighted by Gasteiger charge is -2.20. The zero-order valence-corrected chi connectivity index (χ0v) is 19.6. The second kappa shape index (κ2) is 14.4. The van der Waals surface area contributed by atoms with Crippen LogP contribution in [-0.2, 0) is 6.18 Å². The Kier molecular flexibility index (Phi) is 11.6. The highest BCUT2D eigenvalue weighted by Crippen LogP contribution is 2.31. The molecular weight excluding hydrogens is 441 g/mol. The molecule has 0 fully saturated rings. The first-order valence-electron chi connectivity index (χ1n) is 11.3. The normalized spacial score (nSPS) is 12.9. The van der Waals surface area contributed by atoms with Crippen LogP contribution in [0.3, 0.4) is 0 Å². The summed E-state index contributed by atoms with van der Waals surface area (Å²) < 4.78 is 43.6. The quantitative estimate of drug-likeness (QED) is 0.350. The fourth-order valence-corrected chi connectivity index (χ4v) is 3.25. The number of alkyl halides is 3. The van der Waals surface area contributed by atoms with Crippen molar-refractivity contribution in [3.8, 4) is 5.75 Å². The molecule has 0 aliphatic carbocycles. The van der Waals surface area contributed by atoms with Gasteiger partial charge in [-0.1, -0.05) is 60.7 Å². The summed E-state index contributed by atoms with van der Waals surface area (Å²) in [6, 6.07) is 24.2. The van der Waals surface area contributed by atoms with E-state index in [0.29, 0.717) is 5.75 Å². The lowest BCUT2D eigenvalue weighted by atomic mass is 10.1. The Morgan fingerprint density at radius 2 is 1.24 bits per heavy atom. The van der Waals surface area contributed by atoms with E-state index in [9.17, 15) is 18.3 Å². The van der Waals surface area contributed by atoms with Gasteiger partial charge in [0, 0.05) is 6.42 Å². The number of aliphatic hydroxyl groups is 1.